The van der Waals surface area contributed by atoms with Crippen molar-refractivity contribution in [2.24, 2.45) is 0 Å². The van der Waals surface area contributed by atoms with E-state index in [0.29, 0.717) is 11.4 Å². The van der Waals surface area contributed by atoms with Crippen molar-refractivity contribution in [3.63, 3.8) is 0 Å². The van der Waals surface area contributed by atoms with E-state index >= 15 is 0 Å². The molecule has 2 aromatic rings. The summed E-state index contributed by atoms with van der Waals surface area (Å²) in [7, 11) is 1.56. The highest BCUT2D eigenvalue weighted by Gasteiger charge is 2.49. The van der Waals surface area contributed by atoms with Crippen LogP contribution in [-0.2, 0) is 14.3 Å². The topological polar surface area (TPSA) is 73.8 Å². The maximum Gasteiger partial charge on any atom is 0.338 e. The van der Waals surface area contributed by atoms with Crippen LogP contribution < -0.4 is 4.74 Å². The summed E-state index contributed by atoms with van der Waals surface area (Å²) in [4.78, 5) is 20.7. The molecule has 0 unspecified atom stereocenters. The molecule has 0 saturated carbocycles. The Morgan fingerprint density at radius 2 is 2.05 bits per heavy atom. The van der Waals surface area contributed by atoms with Crippen LogP contribution in [-0.4, -0.2) is 34.8 Å². The summed E-state index contributed by atoms with van der Waals surface area (Å²) < 4.78 is 16.0. The number of rotatable bonds is 3. The number of fused-ring (bicyclic) bond motifs is 1. The molecule has 1 fully saturated rings. The van der Waals surface area contributed by atoms with Crippen molar-refractivity contribution in [2.75, 3.05) is 7.11 Å². The van der Waals surface area contributed by atoms with Crippen molar-refractivity contribution in [1.29, 1.82) is 0 Å². The molecule has 2 atom stereocenters. The molecule has 3 heterocycles. The van der Waals surface area contributed by atoms with Crippen LogP contribution in [0.15, 0.2) is 24.4 Å². The lowest BCUT2D eigenvalue weighted by Gasteiger charge is -2.18. The number of nitrogens with zero attached hydrogens (tertiary/aromatic N) is 2. The third-order valence-electron chi connectivity index (χ3n) is 3.24. The molecule has 0 N–H and O–H groups in total. The molecule has 0 aliphatic carbocycles. The molecule has 3 rings (SSSR count). The van der Waals surface area contributed by atoms with Crippen molar-refractivity contribution in [3.05, 3.63) is 30.0 Å². The summed E-state index contributed by atoms with van der Waals surface area (Å²) in [6, 6.07) is 5.39. The van der Waals surface area contributed by atoms with E-state index in [4.69, 9.17) is 14.2 Å². The second kappa shape index (κ2) is 5.21. The van der Waals surface area contributed by atoms with E-state index in [1.54, 1.807) is 19.4 Å². The van der Waals surface area contributed by atoms with Gasteiger partial charge in [-0.1, -0.05) is 0 Å². The van der Waals surface area contributed by atoms with Gasteiger partial charge in [0.05, 0.1) is 18.1 Å². The molecule has 0 radical (unpaired) electrons. The van der Waals surface area contributed by atoms with E-state index in [2.05, 4.69) is 9.97 Å². The van der Waals surface area contributed by atoms with Gasteiger partial charge in [0.15, 0.2) is 6.10 Å². The largest absolute Gasteiger partial charge is 0.481 e. The van der Waals surface area contributed by atoms with Gasteiger partial charge in [-0.3, -0.25) is 4.98 Å². The molecule has 1 saturated heterocycles. The highest BCUT2D eigenvalue weighted by Crippen LogP contribution is 2.42. The molecule has 1 aliphatic rings. The van der Waals surface area contributed by atoms with Crippen molar-refractivity contribution in [3.8, 4) is 5.88 Å². The van der Waals surface area contributed by atoms with E-state index in [1.165, 1.54) is 0 Å². The first-order valence-electron chi connectivity index (χ1n) is 7.07. The number of carbonyl (C=O) groups is 1. The number of pyridine rings is 2. The minimum Gasteiger partial charge on any atom is -0.481 e. The number of hydrogen-bond donors (Lipinski definition) is 0. The van der Waals surface area contributed by atoms with Crippen LogP contribution in [0, 0.1) is 0 Å². The van der Waals surface area contributed by atoms with E-state index in [1.807, 2.05) is 32.9 Å². The van der Waals surface area contributed by atoms with Gasteiger partial charge < -0.3 is 14.2 Å². The highest BCUT2D eigenvalue weighted by molar-refractivity contribution is 5.83. The number of methoxy groups -OCH3 is 1. The number of esters is 1. The fraction of sp³-hybridized carbons (Fsp3) is 0.438. The molecule has 0 amide bonds. The average molecular weight is 302 g/mol. The van der Waals surface area contributed by atoms with Crippen LogP contribution in [0.3, 0.4) is 0 Å². The fourth-order valence-corrected chi connectivity index (χ4v) is 2.26. The zero-order valence-electron chi connectivity index (χ0n) is 13.0. The van der Waals surface area contributed by atoms with E-state index in [-0.39, 0.29) is 12.1 Å². The molecule has 0 aromatic carbocycles. The average Bonchev–Trinajstić information content (AvgIpc) is 3.24. The monoisotopic (exact) mass is 302 g/mol. The quantitative estimate of drug-likeness (QED) is 0.640. The van der Waals surface area contributed by atoms with Gasteiger partial charge in [0, 0.05) is 17.8 Å². The van der Waals surface area contributed by atoms with Crippen molar-refractivity contribution >= 4 is 17.0 Å². The van der Waals surface area contributed by atoms with Gasteiger partial charge in [-0.2, -0.15) is 0 Å². The van der Waals surface area contributed by atoms with Crippen LogP contribution in [0.4, 0.5) is 0 Å². The standard InChI is InChI=1S/C16H18N2O4/c1-16(2,3)22-15(19)14-13(21-14)9-7-8-17-10-5-6-11(20-4)18-12(9)10/h5-8,13-14H,1-4H3/t13-,14-/m1/s1. The van der Waals surface area contributed by atoms with Crippen LogP contribution in [0.25, 0.3) is 11.0 Å². The summed E-state index contributed by atoms with van der Waals surface area (Å²) in [5.41, 5.74) is 1.70. The Hall–Kier alpha value is -2.21. The highest BCUT2D eigenvalue weighted by atomic mass is 16.6. The van der Waals surface area contributed by atoms with Crippen LogP contribution in [0.5, 0.6) is 5.88 Å². The number of epoxide rings is 1. The lowest BCUT2D eigenvalue weighted by atomic mass is 10.1. The summed E-state index contributed by atoms with van der Waals surface area (Å²) in [6.07, 6.45) is 0.748. The minimum absolute atomic E-state index is 0.347. The first kappa shape index (κ1) is 14.7. The zero-order valence-corrected chi connectivity index (χ0v) is 13.0. The van der Waals surface area contributed by atoms with Crippen LogP contribution in [0.1, 0.15) is 32.4 Å². The number of aromatic nitrogens is 2. The van der Waals surface area contributed by atoms with Crippen LogP contribution >= 0.6 is 0 Å². The third kappa shape index (κ3) is 2.87. The third-order valence-corrected chi connectivity index (χ3v) is 3.24. The Morgan fingerprint density at radius 1 is 1.27 bits per heavy atom. The van der Waals surface area contributed by atoms with Gasteiger partial charge in [0.1, 0.15) is 11.7 Å². The molecule has 0 spiro atoms. The summed E-state index contributed by atoms with van der Waals surface area (Å²) >= 11 is 0. The van der Waals surface area contributed by atoms with Crippen LogP contribution in [0.2, 0.25) is 0 Å². The molecule has 22 heavy (non-hydrogen) atoms. The van der Waals surface area contributed by atoms with E-state index in [9.17, 15) is 4.79 Å². The SMILES string of the molecule is COc1ccc2nccc([C@H]3O[C@H]3C(=O)OC(C)(C)C)c2n1. The van der Waals surface area contributed by atoms with Gasteiger partial charge in [0.2, 0.25) is 5.88 Å². The Balaban J connectivity index is 1.88. The first-order valence-corrected chi connectivity index (χ1v) is 7.07. The first-order chi connectivity index (χ1) is 10.4. The predicted octanol–water partition coefficient (Wildman–Crippen LogP) is 2.42. The summed E-state index contributed by atoms with van der Waals surface area (Å²) in [5, 5.41) is 0. The maximum absolute atomic E-state index is 12.1. The second-order valence-electron chi connectivity index (χ2n) is 6.13. The van der Waals surface area contributed by atoms with Crippen molar-refractivity contribution < 1.29 is 19.0 Å². The summed E-state index contributed by atoms with van der Waals surface area (Å²) in [5.74, 6) is 0.140. The van der Waals surface area contributed by atoms with Crippen molar-refractivity contribution in [1.82, 2.24) is 9.97 Å². The molecule has 2 aromatic heterocycles. The smallest absolute Gasteiger partial charge is 0.338 e. The minimum atomic E-state index is -0.585. The number of hydrogen-bond acceptors (Lipinski definition) is 6. The fourth-order valence-electron chi connectivity index (χ4n) is 2.26. The lowest BCUT2D eigenvalue weighted by Crippen LogP contribution is -2.26. The molecule has 1 aliphatic heterocycles. The molecule has 116 valence electrons. The zero-order chi connectivity index (χ0) is 15.9. The Morgan fingerprint density at radius 3 is 2.73 bits per heavy atom. The van der Waals surface area contributed by atoms with Gasteiger partial charge >= 0.3 is 5.97 Å². The summed E-state index contributed by atoms with van der Waals surface area (Å²) in [6.45, 7) is 5.49. The van der Waals surface area contributed by atoms with Gasteiger partial charge in [-0.15, -0.1) is 0 Å². The normalized spacial score (nSPS) is 20.7. The Labute approximate surface area is 128 Å². The Bertz CT molecular complexity index is 724. The van der Waals surface area contributed by atoms with Gasteiger partial charge in [-0.05, 0) is 32.9 Å². The van der Waals surface area contributed by atoms with Gasteiger partial charge in [-0.25, -0.2) is 9.78 Å². The van der Waals surface area contributed by atoms with Crippen molar-refractivity contribution in [2.45, 2.75) is 38.6 Å². The number of ether oxygens (including phenoxy) is 3. The molecular weight excluding hydrogens is 284 g/mol. The predicted molar refractivity (Wildman–Crippen MR) is 79.5 cm³/mol. The molecule has 6 heteroatoms. The molecule has 6 nitrogen and oxygen atoms in total. The maximum atomic E-state index is 12.1. The van der Waals surface area contributed by atoms with E-state index in [0.717, 1.165) is 11.1 Å². The van der Waals surface area contributed by atoms with E-state index < -0.39 is 11.7 Å². The van der Waals surface area contributed by atoms with Gasteiger partial charge in [0.25, 0.3) is 0 Å². The number of carbonyl (C=O) groups excluding carboxylic acids is 1. The molecular formula is C16H18N2O4. The Kier molecular flexibility index (Phi) is 3.48. The lowest BCUT2D eigenvalue weighted by molar-refractivity contribution is -0.156. The second-order valence-corrected chi connectivity index (χ2v) is 6.13. The molecule has 0 bridgehead atoms.